The summed E-state index contributed by atoms with van der Waals surface area (Å²) in [5.41, 5.74) is 3.40. The summed E-state index contributed by atoms with van der Waals surface area (Å²) < 4.78 is 0. The summed E-state index contributed by atoms with van der Waals surface area (Å²) >= 11 is 5.93. The van der Waals surface area contributed by atoms with E-state index >= 15 is 0 Å². The Hall–Kier alpha value is -1.21. The van der Waals surface area contributed by atoms with Gasteiger partial charge in [0, 0.05) is 16.9 Å². The Morgan fingerprint density at radius 2 is 2.08 bits per heavy atom. The molecule has 2 heteroatoms. The van der Waals surface area contributed by atoms with Gasteiger partial charge in [-0.1, -0.05) is 17.7 Å². The van der Waals surface area contributed by atoms with Gasteiger partial charge in [0.15, 0.2) is 0 Å². The minimum absolute atomic E-state index is 0.815. The average Bonchev–Trinajstić information content (AvgIpc) is 2.62. The smallest absolute Gasteiger partial charge is 0.0454 e. The second-order valence-electron chi connectivity index (χ2n) is 3.05. The van der Waals surface area contributed by atoms with Crippen molar-refractivity contribution in [1.29, 1.82) is 0 Å². The molecular formula is C11H10ClN. The fourth-order valence-corrected chi connectivity index (χ4v) is 1.44. The van der Waals surface area contributed by atoms with Gasteiger partial charge >= 0.3 is 0 Å². The lowest BCUT2D eigenvalue weighted by atomic mass is 10.1. The van der Waals surface area contributed by atoms with Crippen molar-refractivity contribution in [2.24, 2.45) is 0 Å². The van der Waals surface area contributed by atoms with Crippen LogP contribution < -0.4 is 0 Å². The lowest BCUT2D eigenvalue weighted by molar-refractivity contribution is 1.38. The highest BCUT2D eigenvalue weighted by molar-refractivity contribution is 6.31. The molecule has 1 aromatic carbocycles. The first-order valence-electron chi connectivity index (χ1n) is 4.17. The van der Waals surface area contributed by atoms with Crippen LogP contribution >= 0.6 is 11.6 Å². The number of aromatic nitrogens is 1. The predicted molar refractivity (Wildman–Crippen MR) is 56.0 cm³/mol. The Morgan fingerprint density at radius 1 is 1.23 bits per heavy atom. The molecule has 13 heavy (non-hydrogen) atoms. The summed E-state index contributed by atoms with van der Waals surface area (Å²) in [5.74, 6) is 0. The molecule has 1 N–H and O–H groups in total. The van der Waals surface area contributed by atoms with E-state index in [-0.39, 0.29) is 0 Å². The van der Waals surface area contributed by atoms with Gasteiger partial charge in [-0.2, -0.15) is 0 Å². The van der Waals surface area contributed by atoms with Gasteiger partial charge in [0.25, 0.3) is 0 Å². The zero-order valence-corrected chi connectivity index (χ0v) is 8.10. The SMILES string of the molecule is Cc1cc(-c2ccc[nH]2)ccc1Cl. The van der Waals surface area contributed by atoms with Crippen LogP contribution in [0.1, 0.15) is 5.56 Å². The predicted octanol–water partition coefficient (Wildman–Crippen LogP) is 3.64. The number of nitrogens with one attached hydrogen (secondary N) is 1. The second-order valence-corrected chi connectivity index (χ2v) is 3.45. The lowest BCUT2D eigenvalue weighted by Crippen LogP contribution is -1.79. The Balaban J connectivity index is 2.49. The molecule has 66 valence electrons. The number of hydrogen-bond donors (Lipinski definition) is 1. The van der Waals surface area contributed by atoms with E-state index in [4.69, 9.17) is 11.6 Å². The first-order valence-corrected chi connectivity index (χ1v) is 4.55. The lowest BCUT2D eigenvalue weighted by Gasteiger charge is -2.01. The van der Waals surface area contributed by atoms with Crippen LogP contribution in [0.3, 0.4) is 0 Å². The van der Waals surface area contributed by atoms with E-state index in [1.54, 1.807) is 0 Å². The van der Waals surface area contributed by atoms with E-state index in [1.165, 1.54) is 5.56 Å². The normalized spacial score (nSPS) is 10.3. The quantitative estimate of drug-likeness (QED) is 0.709. The molecule has 0 unspecified atom stereocenters. The third-order valence-electron chi connectivity index (χ3n) is 2.07. The molecule has 0 aliphatic rings. The minimum atomic E-state index is 0.815. The fourth-order valence-electron chi connectivity index (χ4n) is 1.32. The number of halogens is 1. The summed E-state index contributed by atoms with van der Waals surface area (Å²) in [6.07, 6.45) is 1.92. The van der Waals surface area contributed by atoms with Gasteiger partial charge in [-0.15, -0.1) is 0 Å². The zero-order valence-electron chi connectivity index (χ0n) is 7.34. The number of aromatic amines is 1. The van der Waals surface area contributed by atoms with Crippen LogP contribution in [0.4, 0.5) is 0 Å². The Bertz CT molecular complexity index is 404. The number of hydrogen-bond acceptors (Lipinski definition) is 0. The Kier molecular flexibility index (Phi) is 2.11. The van der Waals surface area contributed by atoms with Gasteiger partial charge < -0.3 is 4.98 Å². The number of H-pyrrole nitrogens is 1. The molecule has 1 aromatic heterocycles. The number of aryl methyl sites for hydroxylation is 1. The average molecular weight is 192 g/mol. The maximum atomic E-state index is 5.93. The van der Waals surface area contributed by atoms with Crippen LogP contribution in [-0.2, 0) is 0 Å². The molecule has 0 bridgehead atoms. The van der Waals surface area contributed by atoms with E-state index in [0.717, 1.165) is 16.3 Å². The standard InChI is InChI=1S/C11H10ClN/c1-8-7-9(4-5-10(8)12)11-3-2-6-13-11/h2-7,13H,1H3. The van der Waals surface area contributed by atoms with Crippen LogP contribution in [0.2, 0.25) is 5.02 Å². The van der Waals surface area contributed by atoms with Gasteiger partial charge in [-0.05, 0) is 42.3 Å². The van der Waals surface area contributed by atoms with Crippen LogP contribution in [0.15, 0.2) is 36.5 Å². The van der Waals surface area contributed by atoms with Crippen LogP contribution in [0.5, 0.6) is 0 Å². The van der Waals surface area contributed by atoms with Crippen LogP contribution in [-0.4, -0.2) is 4.98 Å². The van der Waals surface area contributed by atoms with E-state index < -0.39 is 0 Å². The van der Waals surface area contributed by atoms with E-state index in [1.807, 2.05) is 37.4 Å². The maximum absolute atomic E-state index is 5.93. The topological polar surface area (TPSA) is 15.8 Å². The minimum Gasteiger partial charge on any atom is -0.361 e. The molecule has 0 amide bonds. The van der Waals surface area contributed by atoms with Crippen molar-refractivity contribution in [3.63, 3.8) is 0 Å². The third-order valence-corrected chi connectivity index (χ3v) is 2.49. The van der Waals surface area contributed by atoms with Crippen molar-refractivity contribution in [2.45, 2.75) is 6.92 Å². The monoisotopic (exact) mass is 191 g/mol. The molecule has 2 aromatic rings. The maximum Gasteiger partial charge on any atom is 0.0454 e. The highest BCUT2D eigenvalue weighted by Crippen LogP contribution is 2.23. The van der Waals surface area contributed by atoms with E-state index in [0.29, 0.717) is 0 Å². The molecule has 1 heterocycles. The summed E-state index contributed by atoms with van der Waals surface area (Å²) in [5, 5.41) is 0.815. The van der Waals surface area contributed by atoms with E-state index in [9.17, 15) is 0 Å². The van der Waals surface area contributed by atoms with Crippen LogP contribution in [0, 0.1) is 6.92 Å². The number of rotatable bonds is 1. The molecule has 1 nitrogen and oxygen atoms in total. The van der Waals surface area contributed by atoms with Gasteiger partial charge in [0.2, 0.25) is 0 Å². The van der Waals surface area contributed by atoms with Crippen LogP contribution in [0.25, 0.3) is 11.3 Å². The molecule has 0 atom stereocenters. The first-order chi connectivity index (χ1) is 6.27. The third kappa shape index (κ3) is 1.61. The van der Waals surface area contributed by atoms with Crippen molar-refractivity contribution in [1.82, 2.24) is 4.98 Å². The van der Waals surface area contributed by atoms with Crippen molar-refractivity contribution < 1.29 is 0 Å². The molecule has 0 saturated carbocycles. The molecule has 0 fully saturated rings. The molecule has 0 saturated heterocycles. The van der Waals surface area contributed by atoms with Gasteiger partial charge in [0.05, 0.1) is 0 Å². The summed E-state index contributed by atoms with van der Waals surface area (Å²) in [4.78, 5) is 3.16. The first kappa shape index (κ1) is 8.39. The molecule has 0 spiro atoms. The zero-order chi connectivity index (χ0) is 9.26. The molecule has 0 aliphatic carbocycles. The van der Waals surface area contributed by atoms with Gasteiger partial charge in [0.1, 0.15) is 0 Å². The summed E-state index contributed by atoms with van der Waals surface area (Å²) in [7, 11) is 0. The van der Waals surface area contributed by atoms with Crippen molar-refractivity contribution in [2.75, 3.05) is 0 Å². The highest BCUT2D eigenvalue weighted by Gasteiger charge is 1.99. The van der Waals surface area contributed by atoms with Gasteiger partial charge in [-0.25, -0.2) is 0 Å². The largest absolute Gasteiger partial charge is 0.361 e. The Morgan fingerprint density at radius 3 is 2.69 bits per heavy atom. The number of benzene rings is 1. The molecule has 2 rings (SSSR count). The van der Waals surface area contributed by atoms with Crippen molar-refractivity contribution >= 4 is 11.6 Å². The Labute approximate surface area is 82.4 Å². The van der Waals surface area contributed by atoms with Crippen molar-refractivity contribution in [3.8, 4) is 11.3 Å². The van der Waals surface area contributed by atoms with E-state index in [2.05, 4.69) is 11.1 Å². The fraction of sp³-hybridized carbons (Fsp3) is 0.0909. The molecule has 0 radical (unpaired) electrons. The molecular weight excluding hydrogens is 182 g/mol. The molecule has 0 aliphatic heterocycles. The summed E-state index contributed by atoms with van der Waals surface area (Å²) in [6.45, 7) is 2.01. The van der Waals surface area contributed by atoms with Crippen molar-refractivity contribution in [3.05, 3.63) is 47.1 Å². The highest BCUT2D eigenvalue weighted by atomic mass is 35.5. The summed E-state index contributed by atoms with van der Waals surface area (Å²) in [6, 6.07) is 10.0. The van der Waals surface area contributed by atoms with Gasteiger partial charge in [-0.3, -0.25) is 0 Å². The second kappa shape index (κ2) is 3.27.